The van der Waals surface area contributed by atoms with Crippen molar-refractivity contribution in [2.45, 2.75) is 38.7 Å². The highest BCUT2D eigenvalue weighted by atomic mass is 19.1. The second-order valence-corrected chi connectivity index (χ2v) is 6.14. The number of halogens is 1. The molecule has 1 atom stereocenters. The van der Waals surface area contributed by atoms with Crippen LogP contribution in [0.25, 0.3) is 0 Å². The summed E-state index contributed by atoms with van der Waals surface area (Å²) in [6.07, 6.45) is 4.42. The predicted octanol–water partition coefficient (Wildman–Crippen LogP) is 3.51. The van der Waals surface area contributed by atoms with Gasteiger partial charge in [0, 0.05) is 24.3 Å². The molecule has 2 saturated carbocycles. The summed E-state index contributed by atoms with van der Waals surface area (Å²) in [5.74, 6) is 1.25. The number of nitrogens with zero attached hydrogens (tertiary/aromatic N) is 1. The maximum absolute atomic E-state index is 14.0. The van der Waals surface area contributed by atoms with Crippen LogP contribution in [0, 0.1) is 17.7 Å². The van der Waals surface area contributed by atoms with Crippen molar-refractivity contribution in [2.75, 3.05) is 18.0 Å². The Morgan fingerprint density at radius 1 is 1.21 bits per heavy atom. The molecule has 1 N–H and O–H groups in total. The Labute approximate surface area is 114 Å². The van der Waals surface area contributed by atoms with Gasteiger partial charge in [-0.1, -0.05) is 6.07 Å². The fraction of sp³-hybridized carbons (Fsp3) is 0.625. The first kappa shape index (κ1) is 12.9. The zero-order valence-electron chi connectivity index (χ0n) is 11.5. The highest BCUT2D eigenvalue weighted by molar-refractivity contribution is 5.55. The van der Waals surface area contributed by atoms with Crippen LogP contribution in [0.15, 0.2) is 18.2 Å². The monoisotopic (exact) mass is 263 g/mol. The van der Waals surface area contributed by atoms with Crippen LogP contribution in [0.4, 0.5) is 10.1 Å². The topological polar surface area (TPSA) is 23.5 Å². The molecule has 1 aromatic rings. The van der Waals surface area contributed by atoms with Crippen molar-refractivity contribution in [3.05, 3.63) is 29.6 Å². The third-order valence-corrected chi connectivity index (χ3v) is 4.14. The first-order valence-corrected chi connectivity index (χ1v) is 7.36. The largest absolute Gasteiger partial charge is 0.389 e. The summed E-state index contributed by atoms with van der Waals surface area (Å²) in [4.78, 5) is 2.31. The third-order valence-electron chi connectivity index (χ3n) is 4.14. The molecule has 0 bridgehead atoms. The van der Waals surface area contributed by atoms with E-state index in [1.165, 1.54) is 31.7 Å². The van der Waals surface area contributed by atoms with Crippen LogP contribution in [0.1, 0.15) is 44.3 Å². The van der Waals surface area contributed by atoms with Crippen LogP contribution < -0.4 is 4.90 Å². The molecule has 2 aliphatic carbocycles. The minimum absolute atomic E-state index is 0.288. The van der Waals surface area contributed by atoms with Crippen molar-refractivity contribution in [3.8, 4) is 0 Å². The van der Waals surface area contributed by atoms with E-state index in [-0.39, 0.29) is 5.82 Å². The summed E-state index contributed by atoms with van der Waals surface area (Å²) in [7, 11) is 0. The number of rotatable bonds is 6. The van der Waals surface area contributed by atoms with Gasteiger partial charge >= 0.3 is 0 Å². The van der Waals surface area contributed by atoms with E-state index in [1.54, 1.807) is 13.0 Å². The van der Waals surface area contributed by atoms with E-state index in [2.05, 4.69) is 4.90 Å². The van der Waals surface area contributed by atoms with E-state index < -0.39 is 6.10 Å². The SMILES string of the molecule is C[C@@H](O)c1c(F)cccc1N(CC1CC1)CC1CC1. The van der Waals surface area contributed by atoms with Crippen molar-refractivity contribution >= 4 is 5.69 Å². The summed E-state index contributed by atoms with van der Waals surface area (Å²) in [5, 5.41) is 9.87. The van der Waals surface area contributed by atoms with Gasteiger partial charge in [-0.05, 0) is 56.6 Å². The van der Waals surface area contributed by atoms with Gasteiger partial charge in [0.25, 0.3) is 0 Å². The molecular formula is C16H22FNO. The van der Waals surface area contributed by atoms with Crippen LogP contribution in [0.5, 0.6) is 0 Å². The molecule has 0 amide bonds. The average Bonchev–Trinajstić information content (AvgIpc) is 3.22. The van der Waals surface area contributed by atoms with Gasteiger partial charge in [-0.25, -0.2) is 4.39 Å². The maximum Gasteiger partial charge on any atom is 0.131 e. The minimum atomic E-state index is -0.753. The Hall–Kier alpha value is -1.09. The fourth-order valence-electron chi connectivity index (χ4n) is 2.71. The van der Waals surface area contributed by atoms with E-state index in [4.69, 9.17) is 0 Å². The zero-order valence-corrected chi connectivity index (χ0v) is 11.5. The van der Waals surface area contributed by atoms with E-state index in [9.17, 15) is 9.50 Å². The van der Waals surface area contributed by atoms with Gasteiger partial charge in [-0.15, -0.1) is 0 Å². The zero-order chi connectivity index (χ0) is 13.4. The van der Waals surface area contributed by atoms with E-state index in [0.717, 1.165) is 30.6 Å². The molecule has 2 nitrogen and oxygen atoms in total. The van der Waals surface area contributed by atoms with Gasteiger partial charge in [0.15, 0.2) is 0 Å². The van der Waals surface area contributed by atoms with Gasteiger partial charge in [0.2, 0.25) is 0 Å². The Morgan fingerprint density at radius 2 is 1.79 bits per heavy atom. The van der Waals surface area contributed by atoms with Gasteiger partial charge in [-0.2, -0.15) is 0 Å². The smallest absolute Gasteiger partial charge is 0.131 e. The number of aliphatic hydroxyl groups excluding tert-OH is 1. The molecule has 0 heterocycles. The molecule has 0 unspecified atom stereocenters. The Morgan fingerprint density at radius 3 is 2.26 bits per heavy atom. The average molecular weight is 263 g/mol. The molecule has 0 saturated heterocycles. The molecule has 3 heteroatoms. The molecule has 2 aliphatic rings. The molecule has 19 heavy (non-hydrogen) atoms. The lowest BCUT2D eigenvalue weighted by Crippen LogP contribution is -2.29. The molecule has 0 aromatic heterocycles. The number of aliphatic hydroxyl groups is 1. The summed E-state index contributed by atoms with van der Waals surface area (Å²) in [6.45, 7) is 3.67. The van der Waals surface area contributed by atoms with Crippen LogP contribution in [-0.4, -0.2) is 18.2 Å². The van der Waals surface area contributed by atoms with Crippen molar-refractivity contribution in [3.63, 3.8) is 0 Å². The van der Waals surface area contributed by atoms with Crippen molar-refractivity contribution in [2.24, 2.45) is 11.8 Å². The Kier molecular flexibility index (Phi) is 3.48. The highest BCUT2D eigenvalue weighted by Gasteiger charge is 2.31. The standard InChI is InChI=1S/C16H22FNO/c1-11(19)16-14(17)3-2-4-15(16)18(9-12-5-6-12)10-13-7-8-13/h2-4,11-13,19H,5-10H2,1H3/t11-/m1/s1. The number of anilines is 1. The Balaban J connectivity index is 1.88. The summed E-state index contributed by atoms with van der Waals surface area (Å²) in [6, 6.07) is 5.15. The van der Waals surface area contributed by atoms with Gasteiger partial charge in [-0.3, -0.25) is 0 Å². The summed E-state index contributed by atoms with van der Waals surface area (Å²) in [5.41, 5.74) is 1.36. The second kappa shape index (κ2) is 5.12. The van der Waals surface area contributed by atoms with Crippen molar-refractivity contribution in [1.82, 2.24) is 0 Å². The van der Waals surface area contributed by atoms with E-state index in [0.29, 0.717) is 5.56 Å². The highest BCUT2D eigenvalue weighted by Crippen LogP contribution is 2.38. The number of hydrogen-bond donors (Lipinski definition) is 1. The van der Waals surface area contributed by atoms with Crippen molar-refractivity contribution < 1.29 is 9.50 Å². The van der Waals surface area contributed by atoms with Gasteiger partial charge in [0.1, 0.15) is 5.82 Å². The lowest BCUT2D eigenvalue weighted by molar-refractivity contribution is 0.194. The molecule has 1 aromatic carbocycles. The number of hydrogen-bond acceptors (Lipinski definition) is 2. The molecule has 0 aliphatic heterocycles. The fourth-order valence-corrected chi connectivity index (χ4v) is 2.71. The van der Waals surface area contributed by atoms with Crippen LogP contribution in [0.2, 0.25) is 0 Å². The maximum atomic E-state index is 14.0. The normalized spacial score (nSPS) is 20.4. The lowest BCUT2D eigenvalue weighted by atomic mass is 10.1. The minimum Gasteiger partial charge on any atom is -0.389 e. The second-order valence-electron chi connectivity index (χ2n) is 6.14. The van der Waals surface area contributed by atoms with Crippen molar-refractivity contribution in [1.29, 1.82) is 0 Å². The lowest BCUT2D eigenvalue weighted by Gasteiger charge is -2.28. The van der Waals surface area contributed by atoms with Crippen LogP contribution in [0.3, 0.4) is 0 Å². The number of benzene rings is 1. The first-order valence-electron chi connectivity index (χ1n) is 7.36. The van der Waals surface area contributed by atoms with Crippen LogP contribution >= 0.6 is 0 Å². The predicted molar refractivity (Wildman–Crippen MR) is 74.7 cm³/mol. The third kappa shape index (κ3) is 3.08. The molecule has 104 valence electrons. The Bertz CT molecular complexity index is 438. The quantitative estimate of drug-likeness (QED) is 0.849. The summed E-state index contributed by atoms with van der Waals surface area (Å²) >= 11 is 0. The first-order chi connectivity index (χ1) is 9.15. The van der Waals surface area contributed by atoms with Gasteiger partial charge < -0.3 is 10.0 Å². The summed E-state index contributed by atoms with van der Waals surface area (Å²) < 4.78 is 14.0. The van der Waals surface area contributed by atoms with Crippen LogP contribution in [-0.2, 0) is 0 Å². The molecule has 2 fully saturated rings. The molecule has 0 radical (unpaired) electrons. The van der Waals surface area contributed by atoms with Gasteiger partial charge in [0.05, 0.1) is 6.10 Å². The molecule has 3 rings (SSSR count). The van der Waals surface area contributed by atoms with E-state index >= 15 is 0 Å². The van der Waals surface area contributed by atoms with E-state index in [1.807, 2.05) is 6.07 Å². The molecule has 0 spiro atoms. The molecular weight excluding hydrogens is 241 g/mol.